The molecule has 0 unspecified atom stereocenters. The molecule has 1 aromatic rings. The number of hydrogen-bond acceptors (Lipinski definition) is 3. The lowest BCUT2D eigenvalue weighted by Crippen LogP contribution is -2.32. The summed E-state index contributed by atoms with van der Waals surface area (Å²) in [6.45, 7) is 2.03. The van der Waals surface area contributed by atoms with E-state index in [-0.39, 0.29) is 23.5 Å². The molecule has 0 aliphatic carbocycles. The average molecular weight is 280 g/mol. The Balaban J connectivity index is 3.26. The molecule has 0 aromatic heterocycles. The summed E-state index contributed by atoms with van der Waals surface area (Å²) in [5.41, 5.74) is -0.307. The maximum atomic E-state index is 13.2. The molecule has 1 rings (SSSR count). The van der Waals surface area contributed by atoms with Crippen LogP contribution in [-0.4, -0.2) is 25.8 Å². The van der Waals surface area contributed by atoms with Crippen LogP contribution in [0.15, 0.2) is 23.1 Å². The minimum Gasteiger partial charge on any atom is -0.207 e. The zero-order valence-electron chi connectivity index (χ0n) is 10.4. The van der Waals surface area contributed by atoms with E-state index < -0.39 is 15.8 Å². The highest BCUT2D eigenvalue weighted by molar-refractivity contribution is 7.89. The van der Waals surface area contributed by atoms with Gasteiger partial charge in [-0.05, 0) is 24.6 Å². The first-order valence-electron chi connectivity index (χ1n) is 5.60. The van der Waals surface area contributed by atoms with E-state index in [9.17, 15) is 12.8 Å². The zero-order chi connectivity index (χ0) is 14.5. The van der Waals surface area contributed by atoms with Crippen LogP contribution in [0.4, 0.5) is 4.39 Å². The standard InChI is InChI=1S/C13H13FN2O2S/c1-3-7-16(8-4-2)19(17,18)12-5-6-13(14)11(9-12)10-15/h1,5-6,9H,4,7-8H2,2H3. The average Bonchev–Trinajstić information content (AvgIpc) is 2.38. The van der Waals surface area contributed by atoms with E-state index in [2.05, 4.69) is 5.92 Å². The molecule has 0 spiro atoms. The summed E-state index contributed by atoms with van der Waals surface area (Å²) in [5.74, 6) is 1.53. The number of nitriles is 1. The van der Waals surface area contributed by atoms with Gasteiger partial charge in [0.25, 0.3) is 0 Å². The molecular formula is C13H13FN2O2S. The maximum Gasteiger partial charge on any atom is 0.243 e. The summed E-state index contributed by atoms with van der Waals surface area (Å²) >= 11 is 0. The molecule has 6 heteroatoms. The third-order valence-corrected chi connectivity index (χ3v) is 4.28. The van der Waals surface area contributed by atoms with Crippen molar-refractivity contribution < 1.29 is 12.8 Å². The lowest BCUT2D eigenvalue weighted by Gasteiger charge is -2.19. The molecule has 0 fully saturated rings. The van der Waals surface area contributed by atoms with E-state index in [1.807, 2.05) is 6.92 Å². The van der Waals surface area contributed by atoms with Gasteiger partial charge in [-0.15, -0.1) is 6.42 Å². The Hall–Kier alpha value is -1.89. The smallest absolute Gasteiger partial charge is 0.207 e. The van der Waals surface area contributed by atoms with Crippen molar-refractivity contribution in [3.8, 4) is 18.4 Å². The Morgan fingerprint density at radius 3 is 2.68 bits per heavy atom. The fraction of sp³-hybridized carbons (Fsp3) is 0.308. The molecular weight excluding hydrogens is 267 g/mol. The van der Waals surface area contributed by atoms with Gasteiger partial charge in [0.15, 0.2) is 0 Å². The minimum atomic E-state index is -3.80. The molecule has 0 radical (unpaired) electrons. The Bertz CT molecular complexity index is 642. The van der Waals surface area contributed by atoms with Gasteiger partial charge in [0.05, 0.1) is 17.0 Å². The second-order valence-electron chi connectivity index (χ2n) is 3.80. The fourth-order valence-corrected chi connectivity index (χ4v) is 3.01. The quantitative estimate of drug-likeness (QED) is 0.772. The largest absolute Gasteiger partial charge is 0.243 e. The van der Waals surface area contributed by atoms with Gasteiger partial charge in [-0.25, -0.2) is 12.8 Å². The number of sulfonamides is 1. The van der Waals surface area contributed by atoms with Crippen molar-refractivity contribution in [1.29, 1.82) is 5.26 Å². The van der Waals surface area contributed by atoms with Crippen LogP contribution in [0.5, 0.6) is 0 Å². The van der Waals surface area contributed by atoms with Crippen molar-refractivity contribution >= 4 is 10.0 Å². The van der Waals surface area contributed by atoms with Crippen LogP contribution in [0.25, 0.3) is 0 Å². The molecule has 4 nitrogen and oxygen atoms in total. The first kappa shape index (κ1) is 15.2. The predicted molar refractivity (Wildman–Crippen MR) is 69.0 cm³/mol. The monoisotopic (exact) mass is 280 g/mol. The molecule has 0 atom stereocenters. The van der Waals surface area contributed by atoms with Crippen LogP contribution >= 0.6 is 0 Å². The number of halogens is 1. The summed E-state index contributed by atoms with van der Waals surface area (Å²) in [7, 11) is -3.80. The van der Waals surface area contributed by atoms with Crippen molar-refractivity contribution in [2.24, 2.45) is 0 Å². The molecule has 0 N–H and O–H groups in total. The SMILES string of the molecule is C#CCN(CCC)S(=O)(=O)c1ccc(F)c(C#N)c1. The van der Waals surface area contributed by atoms with Crippen LogP contribution in [0, 0.1) is 29.5 Å². The summed E-state index contributed by atoms with van der Waals surface area (Å²) in [6, 6.07) is 4.72. The molecule has 1 aromatic carbocycles. The van der Waals surface area contributed by atoms with Crippen LogP contribution < -0.4 is 0 Å². The molecule has 100 valence electrons. The molecule has 0 saturated heterocycles. The Morgan fingerprint density at radius 1 is 1.47 bits per heavy atom. The number of hydrogen-bond donors (Lipinski definition) is 0. The first-order valence-corrected chi connectivity index (χ1v) is 7.04. The molecule has 0 bridgehead atoms. The van der Waals surface area contributed by atoms with Crippen LogP contribution in [-0.2, 0) is 10.0 Å². The van der Waals surface area contributed by atoms with E-state index >= 15 is 0 Å². The van der Waals surface area contributed by atoms with Crippen molar-refractivity contribution in [2.75, 3.05) is 13.1 Å². The predicted octanol–water partition coefficient (Wildman–Crippen LogP) is 1.73. The Morgan fingerprint density at radius 2 is 2.16 bits per heavy atom. The third-order valence-electron chi connectivity index (χ3n) is 2.44. The van der Waals surface area contributed by atoms with Crippen molar-refractivity contribution in [3.63, 3.8) is 0 Å². The van der Waals surface area contributed by atoms with Gasteiger partial charge in [0, 0.05) is 6.54 Å². The third kappa shape index (κ3) is 3.31. The van der Waals surface area contributed by atoms with Crippen LogP contribution in [0.3, 0.4) is 0 Å². The number of rotatable bonds is 5. The minimum absolute atomic E-state index is 0.0601. The van der Waals surface area contributed by atoms with Crippen LogP contribution in [0.1, 0.15) is 18.9 Å². The number of benzene rings is 1. The summed E-state index contributed by atoms with van der Waals surface area (Å²) in [5, 5.41) is 8.72. The van der Waals surface area contributed by atoms with E-state index in [4.69, 9.17) is 11.7 Å². The zero-order valence-corrected chi connectivity index (χ0v) is 11.2. The van der Waals surface area contributed by atoms with Gasteiger partial charge in [-0.2, -0.15) is 9.57 Å². The maximum absolute atomic E-state index is 13.2. The topological polar surface area (TPSA) is 61.2 Å². The van der Waals surface area contributed by atoms with Gasteiger partial charge >= 0.3 is 0 Å². The number of terminal acetylenes is 1. The lowest BCUT2D eigenvalue weighted by molar-refractivity contribution is 0.445. The second kappa shape index (κ2) is 6.33. The highest BCUT2D eigenvalue weighted by Crippen LogP contribution is 2.19. The molecule has 19 heavy (non-hydrogen) atoms. The molecule has 0 amide bonds. The highest BCUT2D eigenvalue weighted by atomic mass is 32.2. The normalized spacial score (nSPS) is 11.0. The van der Waals surface area contributed by atoms with E-state index in [0.29, 0.717) is 6.42 Å². The van der Waals surface area contributed by atoms with Gasteiger partial charge in [0.1, 0.15) is 11.9 Å². The Kier molecular flexibility index (Phi) is 5.05. The molecule has 0 aliphatic rings. The van der Waals surface area contributed by atoms with E-state index in [1.54, 1.807) is 6.07 Å². The lowest BCUT2D eigenvalue weighted by atomic mass is 10.2. The highest BCUT2D eigenvalue weighted by Gasteiger charge is 2.24. The first-order chi connectivity index (χ1) is 8.97. The summed E-state index contributed by atoms with van der Waals surface area (Å²) in [6.07, 6.45) is 5.75. The van der Waals surface area contributed by atoms with Gasteiger partial charge in [0.2, 0.25) is 10.0 Å². The summed E-state index contributed by atoms with van der Waals surface area (Å²) in [4.78, 5) is -0.130. The van der Waals surface area contributed by atoms with Gasteiger partial charge < -0.3 is 0 Å². The molecule has 0 heterocycles. The molecule has 0 aliphatic heterocycles. The Labute approximate surface area is 112 Å². The number of nitrogens with zero attached hydrogens (tertiary/aromatic N) is 2. The second-order valence-corrected chi connectivity index (χ2v) is 5.73. The van der Waals surface area contributed by atoms with Gasteiger partial charge in [-0.1, -0.05) is 12.8 Å². The van der Waals surface area contributed by atoms with Crippen molar-refractivity contribution in [2.45, 2.75) is 18.2 Å². The summed E-state index contributed by atoms with van der Waals surface area (Å²) < 4.78 is 38.9. The van der Waals surface area contributed by atoms with Crippen molar-refractivity contribution in [3.05, 3.63) is 29.6 Å². The van der Waals surface area contributed by atoms with Gasteiger partial charge in [-0.3, -0.25) is 0 Å². The van der Waals surface area contributed by atoms with E-state index in [0.717, 1.165) is 22.5 Å². The van der Waals surface area contributed by atoms with Crippen LogP contribution in [0.2, 0.25) is 0 Å². The fourth-order valence-electron chi connectivity index (χ4n) is 1.54. The molecule has 0 saturated carbocycles. The van der Waals surface area contributed by atoms with E-state index in [1.165, 1.54) is 0 Å². The van der Waals surface area contributed by atoms with Crippen molar-refractivity contribution in [1.82, 2.24) is 4.31 Å².